The van der Waals surface area contributed by atoms with Gasteiger partial charge in [0.15, 0.2) is 22.3 Å². The summed E-state index contributed by atoms with van der Waals surface area (Å²) in [5, 5.41) is 2.69. The molecule has 0 N–H and O–H groups in total. The van der Waals surface area contributed by atoms with Gasteiger partial charge < -0.3 is 35.3 Å². The summed E-state index contributed by atoms with van der Waals surface area (Å²) in [6.45, 7) is 0. The molecule has 12 nitrogen and oxygen atoms in total. The zero-order chi connectivity index (χ0) is 39.3. The van der Waals surface area contributed by atoms with Gasteiger partial charge in [-0.25, -0.2) is 19.6 Å². The van der Waals surface area contributed by atoms with E-state index in [2.05, 4.69) is 0 Å². The molecule has 0 saturated heterocycles. The van der Waals surface area contributed by atoms with Crippen LogP contribution in [0.5, 0.6) is 0 Å². The van der Waals surface area contributed by atoms with Crippen LogP contribution in [0.25, 0.3) is 43.9 Å². The van der Waals surface area contributed by atoms with E-state index in [4.69, 9.17) is 35.3 Å². The lowest BCUT2D eigenvalue weighted by Crippen LogP contribution is -2.12. The van der Waals surface area contributed by atoms with Crippen molar-refractivity contribution in [3.05, 3.63) is 171 Å². The highest BCUT2D eigenvalue weighted by atomic mass is 16.4. The number of rotatable bonds is 4. The van der Waals surface area contributed by atoms with E-state index >= 15 is 0 Å². The number of hydrogen-bond donors (Lipinski definition) is 0. The molecule has 0 unspecified atom stereocenters. The van der Waals surface area contributed by atoms with Crippen molar-refractivity contribution in [2.75, 3.05) is 19.6 Å². The van der Waals surface area contributed by atoms with Crippen LogP contribution in [-0.2, 0) is 0 Å². The number of benzene rings is 4. The maximum Gasteiger partial charge on any atom is 0.253 e. The van der Waals surface area contributed by atoms with Gasteiger partial charge in [-0.1, -0.05) is 72.8 Å². The highest BCUT2D eigenvalue weighted by Crippen LogP contribution is 2.57. The van der Waals surface area contributed by atoms with Gasteiger partial charge in [-0.3, -0.25) is 0 Å². The van der Waals surface area contributed by atoms with Gasteiger partial charge in [0.25, 0.3) is 23.5 Å². The van der Waals surface area contributed by atoms with Crippen molar-refractivity contribution in [2.24, 2.45) is 0 Å². The second kappa shape index (κ2) is 12.4. The second-order valence-corrected chi connectivity index (χ2v) is 14.2. The first-order valence-electron chi connectivity index (χ1n) is 19.2. The van der Waals surface area contributed by atoms with E-state index in [1.54, 1.807) is 25.1 Å². The molecule has 8 aromatic heterocycles. The van der Waals surface area contributed by atoms with E-state index in [9.17, 15) is 0 Å². The first kappa shape index (κ1) is 32.4. The van der Waals surface area contributed by atoms with Crippen molar-refractivity contribution in [2.45, 2.75) is 0 Å². The molecule has 288 valence electrons. The van der Waals surface area contributed by atoms with Crippen molar-refractivity contribution >= 4 is 114 Å². The summed E-state index contributed by atoms with van der Waals surface area (Å²) in [5.74, 6) is 3.05. The van der Waals surface area contributed by atoms with Gasteiger partial charge >= 0.3 is 0 Å². The average molecular weight is 789 g/mol. The fraction of sp³-hybridized carbons (Fsp3) is 0. The zero-order valence-electron chi connectivity index (χ0n) is 31.2. The molecule has 0 radical (unpaired) electrons. The molecule has 0 amide bonds. The molecule has 12 aromatic rings. The minimum absolute atomic E-state index is 0.352. The van der Waals surface area contributed by atoms with Crippen molar-refractivity contribution in [1.82, 2.24) is 0 Å². The number of anilines is 12. The molecule has 0 atom stereocenters. The molecule has 1 aliphatic rings. The quantitative estimate of drug-likeness (QED) is 0.169. The summed E-state index contributed by atoms with van der Waals surface area (Å²) in [6, 6.07) is 46.8. The number of hydrogen-bond acceptors (Lipinski definition) is 12. The Kier molecular flexibility index (Phi) is 6.72. The third-order valence-corrected chi connectivity index (χ3v) is 10.8. The predicted molar refractivity (Wildman–Crippen MR) is 227 cm³/mol. The number of nitrogens with zero attached hydrogens (tertiary/aromatic N) is 4. The Bertz CT molecular complexity index is 2870. The van der Waals surface area contributed by atoms with Gasteiger partial charge in [-0.05, 0) is 72.8 Å². The van der Waals surface area contributed by atoms with Crippen LogP contribution < -0.4 is 19.6 Å². The largest absolute Gasteiger partial charge is 0.458 e. The van der Waals surface area contributed by atoms with E-state index < -0.39 is 0 Å². The van der Waals surface area contributed by atoms with Crippen LogP contribution in [0.3, 0.4) is 0 Å². The third kappa shape index (κ3) is 4.55. The Morgan fingerprint density at radius 1 is 0.233 bits per heavy atom. The smallest absolute Gasteiger partial charge is 0.253 e. The van der Waals surface area contributed by atoms with E-state index in [1.165, 1.54) is 0 Å². The maximum absolute atomic E-state index is 7.13. The first-order valence-corrected chi connectivity index (χ1v) is 19.2. The zero-order valence-corrected chi connectivity index (χ0v) is 31.2. The standard InChI is InChI=1S/C48H28N4O8/c1-5-13-29(14-6-1)49-41-33-21-25-54-38(33)46(57-41)51(31-17-9-3-10-18-31)43-35-23-27-56-40(35)48(59-43)52(32-19-11-4-12-20-32)44-36-24-28-55-39(36)47(60-44)50(30-15-7-2-8-16-30)42-34-22-26-53-37(34)45(49)58-42/h1-28H. The number of furan rings is 8. The van der Waals surface area contributed by atoms with E-state index in [0.29, 0.717) is 91.0 Å². The summed E-state index contributed by atoms with van der Waals surface area (Å²) in [7, 11) is 0. The predicted octanol–water partition coefficient (Wildman–Crippen LogP) is 15.2. The Labute approximate surface area is 338 Å². The molecule has 4 aromatic carbocycles. The highest BCUT2D eigenvalue weighted by Gasteiger charge is 2.39. The summed E-state index contributed by atoms with van der Waals surface area (Å²) >= 11 is 0. The van der Waals surface area contributed by atoms with Crippen LogP contribution in [0.15, 0.2) is 206 Å². The fourth-order valence-electron chi connectivity index (χ4n) is 8.21. The lowest BCUT2D eigenvalue weighted by atomic mass is 10.2. The molecule has 13 rings (SSSR count). The number of para-hydroxylation sites is 4. The molecule has 1 aliphatic heterocycles. The van der Waals surface area contributed by atoms with Crippen molar-refractivity contribution in [3.8, 4) is 0 Å². The van der Waals surface area contributed by atoms with Crippen LogP contribution in [-0.4, -0.2) is 0 Å². The summed E-state index contributed by atoms with van der Waals surface area (Å²) in [4.78, 5) is 7.57. The Morgan fingerprint density at radius 2 is 0.450 bits per heavy atom. The third-order valence-electron chi connectivity index (χ3n) is 10.8. The topological polar surface area (TPSA) is 118 Å². The van der Waals surface area contributed by atoms with Crippen molar-refractivity contribution in [1.29, 1.82) is 0 Å². The molecule has 0 spiro atoms. The minimum Gasteiger partial charge on any atom is -0.458 e. The SMILES string of the molecule is c1ccc(N2c3oc(c4occc34)N(c3ccccc3)c3oc(c4occc34)N(c3ccccc3)c3oc(c4occc34)N(c3ccccc3)c3oc2c2occc32)cc1. The Morgan fingerprint density at radius 3 is 0.667 bits per heavy atom. The fourth-order valence-corrected chi connectivity index (χ4v) is 8.21. The van der Waals surface area contributed by atoms with Gasteiger partial charge in [0.05, 0.1) is 69.3 Å². The second-order valence-electron chi connectivity index (χ2n) is 14.2. The summed E-state index contributed by atoms with van der Waals surface area (Å²) < 4.78 is 53.8. The summed E-state index contributed by atoms with van der Waals surface area (Å²) in [5.41, 5.74) is 4.83. The van der Waals surface area contributed by atoms with Gasteiger partial charge in [0, 0.05) is 0 Å². The Hall–Kier alpha value is -8.64. The molecular weight excluding hydrogens is 761 g/mol. The molecule has 8 bridgehead atoms. The minimum atomic E-state index is 0.352. The van der Waals surface area contributed by atoms with Crippen LogP contribution in [0.4, 0.5) is 69.8 Å². The lowest BCUT2D eigenvalue weighted by molar-refractivity contribution is 0.506. The Balaban J connectivity index is 1.21. The monoisotopic (exact) mass is 788 g/mol. The molecule has 9 heterocycles. The molecule has 0 saturated carbocycles. The lowest BCUT2D eigenvalue weighted by Gasteiger charge is -2.23. The maximum atomic E-state index is 7.13. The van der Waals surface area contributed by atoms with Crippen molar-refractivity contribution in [3.63, 3.8) is 0 Å². The molecule has 0 aliphatic carbocycles. The van der Waals surface area contributed by atoms with E-state index in [1.807, 2.05) is 165 Å². The van der Waals surface area contributed by atoms with Crippen LogP contribution in [0.1, 0.15) is 0 Å². The molecule has 0 fully saturated rings. The normalized spacial score (nSPS) is 13.2. The van der Waals surface area contributed by atoms with Gasteiger partial charge in [-0.2, -0.15) is 0 Å². The van der Waals surface area contributed by atoms with E-state index in [0.717, 1.165) is 22.7 Å². The molecular formula is C48H28N4O8. The molecule has 12 heteroatoms. The van der Waals surface area contributed by atoms with Gasteiger partial charge in [0.2, 0.25) is 23.5 Å². The van der Waals surface area contributed by atoms with Gasteiger partial charge in [-0.15, -0.1) is 0 Å². The highest BCUT2D eigenvalue weighted by molar-refractivity contribution is 6.11. The van der Waals surface area contributed by atoms with E-state index in [-0.39, 0.29) is 0 Å². The first-order chi connectivity index (χ1) is 29.8. The molecule has 60 heavy (non-hydrogen) atoms. The van der Waals surface area contributed by atoms with Gasteiger partial charge in [0.1, 0.15) is 0 Å². The average Bonchev–Trinajstić information content (AvgIpc) is 4.15. The van der Waals surface area contributed by atoms with Crippen LogP contribution in [0.2, 0.25) is 0 Å². The van der Waals surface area contributed by atoms with Crippen LogP contribution >= 0.6 is 0 Å². The summed E-state index contributed by atoms with van der Waals surface area (Å²) in [6.07, 6.45) is 6.58. The van der Waals surface area contributed by atoms with Crippen LogP contribution in [0, 0.1) is 0 Å². The van der Waals surface area contributed by atoms with Crippen molar-refractivity contribution < 1.29 is 35.3 Å².